The van der Waals surface area contributed by atoms with Crippen LogP contribution in [0.15, 0.2) is 64.6 Å². The van der Waals surface area contributed by atoms with Crippen molar-refractivity contribution in [2.24, 2.45) is 0 Å². The Labute approximate surface area is 229 Å². The molecule has 0 saturated carbocycles. The Morgan fingerprint density at radius 2 is 1.81 bits per heavy atom. The van der Waals surface area contributed by atoms with Crippen LogP contribution in [0.2, 0.25) is 5.02 Å². The second-order valence-corrected chi connectivity index (χ2v) is 9.28. The van der Waals surface area contributed by atoms with Crippen molar-refractivity contribution in [3.05, 3.63) is 86.4 Å². The Bertz CT molecular complexity index is 1400. The highest BCUT2D eigenvalue weighted by atomic mass is 79.9. The third-order valence-corrected chi connectivity index (χ3v) is 6.05. The lowest BCUT2D eigenvalue weighted by Gasteiger charge is -2.15. The molecule has 3 rings (SSSR count). The quantitative estimate of drug-likeness (QED) is 0.216. The first-order valence-corrected chi connectivity index (χ1v) is 12.5. The van der Waals surface area contributed by atoms with E-state index in [1.54, 1.807) is 36.4 Å². The summed E-state index contributed by atoms with van der Waals surface area (Å²) >= 11 is 9.55. The van der Waals surface area contributed by atoms with E-state index < -0.39 is 5.91 Å². The van der Waals surface area contributed by atoms with Gasteiger partial charge in [0.15, 0.2) is 18.1 Å². The summed E-state index contributed by atoms with van der Waals surface area (Å²) in [5.74, 6) is -0.249. The fourth-order valence-corrected chi connectivity index (χ4v) is 4.18. The molecule has 0 unspecified atom stereocenters. The normalized spacial score (nSPS) is 10.9. The predicted molar refractivity (Wildman–Crippen MR) is 149 cm³/mol. The third kappa shape index (κ3) is 7.59. The molecule has 2 N–H and O–H groups in total. The largest absolute Gasteiger partial charge is 0.490 e. The molecule has 0 aliphatic carbocycles. The summed E-state index contributed by atoms with van der Waals surface area (Å²) in [7, 11) is 0. The Morgan fingerprint density at radius 3 is 2.49 bits per heavy atom. The van der Waals surface area contributed by atoms with E-state index in [1.807, 2.05) is 45.0 Å². The van der Waals surface area contributed by atoms with Gasteiger partial charge in [0.05, 0.1) is 21.8 Å². The number of ether oxygens (including phenoxy) is 2. The van der Waals surface area contributed by atoms with Crippen LogP contribution in [-0.4, -0.2) is 25.0 Å². The number of benzene rings is 3. The van der Waals surface area contributed by atoms with Crippen LogP contribution in [0.5, 0.6) is 11.5 Å². The number of nitrogens with zero attached hydrogens (tertiary/aromatic N) is 1. The van der Waals surface area contributed by atoms with Crippen molar-refractivity contribution in [3.63, 3.8) is 0 Å². The maximum Gasteiger partial charge on any atom is 0.266 e. The van der Waals surface area contributed by atoms with Crippen molar-refractivity contribution >= 4 is 56.8 Å². The lowest BCUT2D eigenvalue weighted by molar-refractivity contribution is -0.118. The van der Waals surface area contributed by atoms with Gasteiger partial charge in [0.2, 0.25) is 0 Å². The number of rotatable bonds is 9. The molecule has 7 nitrogen and oxygen atoms in total. The van der Waals surface area contributed by atoms with Gasteiger partial charge in [-0.2, -0.15) is 5.26 Å². The molecule has 9 heteroatoms. The van der Waals surface area contributed by atoms with E-state index in [2.05, 4.69) is 26.6 Å². The van der Waals surface area contributed by atoms with Crippen LogP contribution >= 0.6 is 27.5 Å². The summed E-state index contributed by atoms with van der Waals surface area (Å²) in [5, 5.41) is 15.4. The maximum absolute atomic E-state index is 12.7. The monoisotopic (exact) mass is 581 g/mol. The minimum Gasteiger partial charge on any atom is -0.490 e. The van der Waals surface area contributed by atoms with Gasteiger partial charge in [-0.15, -0.1) is 0 Å². The molecule has 0 fully saturated rings. The van der Waals surface area contributed by atoms with Crippen molar-refractivity contribution in [2.45, 2.75) is 20.8 Å². The van der Waals surface area contributed by atoms with Crippen LogP contribution in [0.4, 0.5) is 11.4 Å². The van der Waals surface area contributed by atoms with Gasteiger partial charge in [0.1, 0.15) is 11.6 Å². The summed E-state index contributed by atoms with van der Waals surface area (Å²) in [4.78, 5) is 25.2. The Morgan fingerprint density at radius 1 is 1.05 bits per heavy atom. The highest BCUT2D eigenvalue weighted by molar-refractivity contribution is 9.10. The highest BCUT2D eigenvalue weighted by Gasteiger charge is 2.16. The summed E-state index contributed by atoms with van der Waals surface area (Å²) in [6.07, 6.45) is 1.43. The Hall–Kier alpha value is -3.80. The van der Waals surface area contributed by atoms with E-state index in [4.69, 9.17) is 21.1 Å². The molecule has 0 aromatic heterocycles. The van der Waals surface area contributed by atoms with E-state index in [0.717, 1.165) is 11.1 Å². The molecule has 190 valence electrons. The van der Waals surface area contributed by atoms with Crippen molar-refractivity contribution < 1.29 is 19.1 Å². The zero-order valence-electron chi connectivity index (χ0n) is 20.5. The number of nitrogens with one attached hydrogen (secondary N) is 2. The van der Waals surface area contributed by atoms with E-state index in [-0.39, 0.29) is 18.1 Å². The van der Waals surface area contributed by atoms with Gasteiger partial charge in [-0.05, 0) is 84.2 Å². The number of carbonyl (C=O) groups is 2. The van der Waals surface area contributed by atoms with Crippen molar-refractivity contribution in [2.75, 3.05) is 23.8 Å². The molecule has 2 amide bonds. The number of amides is 2. The zero-order chi connectivity index (χ0) is 26.9. The topological polar surface area (TPSA) is 100 Å². The molecular formula is C28H25BrClN3O4. The second-order valence-electron chi connectivity index (χ2n) is 8.02. The van der Waals surface area contributed by atoms with Gasteiger partial charge in [0.25, 0.3) is 11.8 Å². The van der Waals surface area contributed by atoms with E-state index in [1.165, 1.54) is 6.08 Å². The number of hydrogen-bond donors (Lipinski definition) is 2. The second kappa shape index (κ2) is 12.9. The molecule has 0 spiro atoms. The van der Waals surface area contributed by atoms with Gasteiger partial charge >= 0.3 is 0 Å². The summed E-state index contributed by atoms with van der Waals surface area (Å²) in [6.45, 7) is 5.81. The average Bonchev–Trinajstić information content (AvgIpc) is 2.85. The van der Waals surface area contributed by atoms with Gasteiger partial charge in [-0.25, -0.2) is 0 Å². The number of hydrogen-bond acceptors (Lipinski definition) is 5. The lowest BCUT2D eigenvalue weighted by atomic mass is 10.1. The molecule has 0 atom stereocenters. The SMILES string of the molecule is CCOc1cc(/C=C(\C#N)C(=O)Nc2ccccc2Cl)cc(Br)c1OCC(=O)Nc1ccc(C)cc1C. The molecule has 0 aliphatic rings. The molecule has 0 heterocycles. The molecule has 0 saturated heterocycles. The number of para-hydroxylation sites is 1. The van der Waals surface area contributed by atoms with Crippen molar-refractivity contribution in [3.8, 4) is 17.6 Å². The zero-order valence-corrected chi connectivity index (χ0v) is 22.9. The summed E-state index contributed by atoms with van der Waals surface area (Å²) in [5.41, 5.74) is 3.56. The van der Waals surface area contributed by atoms with E-state index in [9.17, 15) is 14.9 Å². The number of carbonyl (C=O) groups excluding carboxylic acids is 2. The van der Waals surface area contributed by atoms with Crippen LogP contribution in [0.3, 0.4) is 0 Å². The molecule has 3 aromatic carbocycles. The smallest absolute Gasteiger partial charge is 0.266 e. The fourth-order valence-electron chi connectivity index (χ4n) is 3.42. The van der Waals surface area contributed by atoms with Crippen LogP contribution in [0.25, 0.3) is 6.08 Å². The first-order chi connectivity index (χ1) is 17.7. The van der Waals surface area contributed by atoms with E-state index in [0.29, 0.717) is 44.5 Å². The number of nitriles is 1. The first-order valence-electron chi connectivity index (χ1n) is 11.4. The van der Waals surface area contributed by atoms with Crippen LogP contribution in [-0.2, 0) is 9.59 Å². The van der Waals surface area contributed by atoms with Gasteiger partial charge in [-0.1, -0.05) is 41.4 Å². The standard InChI is InChI=1S/C28H25BrClN3O4/c1-4-36-25-14-19(12-20(15-31)28(35)33-24-8-6-5-7-22(24)30)13-21(29)27(25)37-16-26(34)32-23-10-9-17(2)11-18(23)3/h5-14H,4,16H2,1-3H3,(H,32,34)(H,33,35)/b20-12+. The predicted octanol–water partition coefficient (Wildman–Crippen LogP) is 6.68. The van der Waals surface area contributed by atoms with Crippen LogP contribution in [0, 0.1) is 25.2 Å². The summed E-state index contributed by atoms with van der Waals surface area (Å²) < 4.78 is 12.0. The van der Waals surface area contributed by atoms with Crippen molar-refractivity contribution in [1.82, 2.24) is 0 Å². The summed E-state index contributed by atoms with van der Waals surface area (Å²) in [6, 6.07) is 17.7. The molecule has 3 aromatic rings. The first kappa shape index (κ1) is 27.8. The highest BCUT2D eigenvalue weighted by Crippen LogP contribution is 2.37. The van der Waals surface area contributed by atoms with Crippen LogP contribution in [0.1, 0.15) is 23.6 Å². The Balaban J connectivity index is 1.78. The van der Waals surface area contributed by atoms with Crippen LogP contribution < -0.4 is 20.1 Å². The molecule has 37 heavy (non-hydrogen) atoms. The van der Waals surface area contributed by atoms with Gasteiger partial charge in [-0.3, -0.25) is 9.59 Å². The maximum atomic E-state index is 12.7. The molecular weight excluding hydrogens is 558 g/mol. The van der Waals surface area contributed by atoms with Gasteiger partial charge < -0.3 is 20.1 Å². The number of halogens is 2. The fraction of sp³-hybridized carbons (Fsp3) is 0.179. The molecule has 0 radical (unpaired) electrons. The number of anilines is 2. The molecule has 0 aliphatic heterocycles. The van der Waals surface area contributed by atoms with Crippen molar-refractivity contribution in [1.29, 1.82) is 5.26 Å². The lowest BCUT2D eigenvalue weighted by Crippen LogP contribution is -2.21. The van der Waals surface area contributed by atoms with E-state index >= 15 is 0 Å². The average molecular weight is 583 g/mol. The van der Waals surface area contributed by atoms with Gasteiger partial charge in [0, 0.05) is 5.69 Å². The third-order valence-electron chi connectivity index (χ3n) is 5.13. The number of aryl methyl sites for hydroxylation is 2. The molecule has 0 bridgehead atoms. The minimum atomic E-state index is -0.604. The minimum absolute atomic E-state index is 0.129. The Kier molecular flexibility index (Phi) is 9.72.